The van der Waals surface area contributed by atoms with Crippen molar-refractivity contribution < 1.29 is 9.53 Å². The number of hydrogen-bond acceptors (Lipinski definition) is 3. The van der Waals surface area contributed by atoms with E-state index in [1.165, 1.54) is 18.4 Å². The molecule has 2 atom stereocenters. The first-order chi connectivity index (χ1) is 12.2. The van der Waals surface area contributed by atoms with E-state index in [1.54, 1.807) is 7.11 Å². The van der Waals surface area contributed by atoms with Gasteiger partial charge >= 0.3 is 0 Å². The second-order valence-corrected chi connectivity index (χ2v) is 7.25. The number of methoxy groups -OCH3 is 1. The predicted octanol–water partition coefficient (Wildman–Crippen LogP) is 3.12. The van der Waals surface area contributed by atoms with Crippen LogP contribution in [-0.4, -0.2) is 50.7 Å². The van der Waals surface area contributed by atoms with Gasteiger partial charge < -0.3 is 15.0 Å². The number of carbonyl (C=O) groups is 1. The van der Waals surface area contributed by atoms with Gasteiger partial charge in [0.2, 0.25) is 5.91 Å². The highest BCUT2D eigenvalue weighted by molar-refractivity contribution is 5.76. The molecule has 1 amide bonds. The fraction of sp³-hybridized carbons (Fsp3) is 0.667. The van der Waals surface area contributed by atoms with Gasteiger partial charge in [-0.05, 0) is 56.2 Å². The van der Waals surface area contributed by atoms with Crippen molar-refractivity contribution in [2.75, 3.05) is 39.9 Å². The summed E-state index contributed by atoms with van der Waals surface area (Å²) in [5.41, 5.74) is 1.34. The van der Waals surface area contributed by atoms with Crippen molar-refractivity contribution in [1.29, 1.82) is 0 Å². The number of rotatable bonds is 10. The van der Waals surface area contributed by atoms with Crippen molar-refractivity contribution in [2.24, 2.45) is 11.8 Å². The molecule has 0 spiro atoms. The van der Waals surface area contributed by atoms with Crippen LogP contribution in [0.2, 0.25) is 0 Å². The van der Waals surface area contributed by atoms with Gasteiger partial charge in [0.1, 0.15) is 0 Å². The molecule has 25 heavy (non-hydrogen) atoms. The molecule has 1 fully saturated rings. The molecule has 1 N–H and O–H groups in total. The molecule has 0 aromatic heterocycles. The highest BCUT2D eigenvalue weighted by Crippen LogP contribution is 2.23. The molecule has 1 aliphatic heterocycles. The molecule has 0 aliphatic carbocycles. The Morgan fingerprint density at radius 3 is 2.80 bits per heavy atom. The number of hydrogen-bond donors (Lipinski definition) is 1. The summed E-state index contributed by atoms with van der Waals surface area (Å²) in [5.74, 6) is 1.36. The van der Waals surface area contributed by atoms with Gasteiger partial charge in [-0.2, -0.15) is 0 Å². The monoisotopic (exact) mass is 346 g/mol. The molecular weight excluding hydrogens is 312 g/mol. The first kappa shape index (κ1) is 19.9. The Morgan fingerprint density at radius 1 is 1.32 bits per heavy atom. The molecule has 2 unspecified atom stereocenters. The van der Waals surface area contributed by atoms with Crippen LogP contribution < -0.4 is 5.32 Å². The summed E-state index contributed by atoms with van der Waals surface area (Å²) in [6.45, 7) is 6.52. The Bertz CT molecular complexity index is 486. The number of carbonyl (C=O) groups excluding carboxylic acids is 1. The van der Waals surface area contributed by atoms with Crippen LogP contribution >= 0.6 is 0 Å². The molecule has 1 heterocycles. The minimum absolute atomic E-state index is 0.281. The average molecular weight is 347 g/mol. The van der Waals surface area contributed by atoms with Gasteiger partial charge in [0.05, 0.1) is 6.61 Å². The maximum atomic E-state index is 12.8. The average Bonchev–Trinajstić information content (AvgIpc) is 2.66. The summed E-state index contributed by atoms with van der Waals surface area (Å²) < 4.78 is 5.20. The highest BCUT2D eigenvalue weighted by atomic mass is 16.5. The molecule has 140 valence electrons. The smallest absolute Gasteiger partial charge is 0.222 e. The Labute approximate surface area is 152 Å². The normalized spacial score (nSPS) is 18.7. The van der Waals surface area contributed by atoms with E-state index in [9.17, 15) is 4.79 Å². The van der Waals surface area contributed by atoms with Gasteiger partial charge in [0, 0.05) is 26.6 Å². The molecule has 0 radical (unpaired) electrons. The van der Waals surface area contributed by atoms with Gasteiger partial charge in [-0.1, -0.05) is 37.3 Å². The summed E-state index contributed by atoms with van der Waals surface area (Å²) in [5, 5.41) is 3.46. The number of nitrogens with zero attached hydrogens (tertiary/aromatic N) is 1. The molecule has 1 aromatic rings. The largest absolute Gasteiger partial charge is 0.383 e. The molecule has 0 bridgehead atoms. The van der Waals surface area contributed by atoms with Crippen molar-refractivity contribution in [1.82, 2.24) is 10.2 Å². The lowest BCUT2D eigenvalue weighted by atomic mass is 9.85. The van der Waals surface area contributed by atoms with Crippen LogP contribution in [0.1, 0.15) is 38.2 Å². The lowest BCUT2D eigenvalue weighted by Crippen LogP contribution is -2.39. The number of piperidine rings is 1. The van der Waals surface area contributed by atoms with E-state index in [0.29, 0.717) is 31.4 Å². The van der Waals surface area contributed by atoms with Crippen molar-refractivity contribution >= 4 is 5.91 Å². The summed E-state index contributed by atoms with van der Waals surface area (Å²) in [6, 6.07) is 10.5. The number of amides is 1. The zero-order chi connectivity index (χ0) is 17.9. The van der Waals surface area contributed by atoms with Gasteiger partial charge in [0.15, 0.2) is 0 Å². The third kappa shape index (κ3) is 7.17. The first-order valence-electron chi connectivity index (χ1n) is 9.72. The number of aryl methyl sites for hydroxylation is 1. The fourth-order valence-electron chi connectivity index (χ4n) is 3.62. The second-order valence-electron chi connectivity index (χ2n) is 7.25. The van der Waals surface area contributed by atoms with Crippen molar-refractivity contribution in [2.45, 2.75) is 39.0 Å². The maximum absolute atomic E-state index is 12.8. The molecule has 1 aromatic carbocycles. The second kappa shape index (κ2) is 11.3. The van der Waals surface area contributed by atoms with Gasteiger partial charge in [0.25, 0.3) is 0 Å². The van der Waals surface area contributed by atoms with Crippen LogP contribution in [0.25, 0.3) is 0 Å². The quantitative estimate of drug-likeness (QED) is 0.708. The molecule has 1 saturated heterocycles. The van der Waals surface area contributed by atoms with E-state index in [1.807, 2.05) is 11.0 Å². The zero-order valence-corrected chi connectivity index (χ0v) is 15.9. The van der Waals surface area contributed by atoms with Gasteiger partial charge in [-0.15, -0.1) is 0 Å². The van der Waals surface area contributed by atoms with Crippen LogP contribution in [0.15, 0.2) is 30.3 Å². The number of ether oxygens (including phenoxy) is 1. The fourth-order valence-corrected chi connectivity index (χ4v) is 3.62. The highest BCUT2D eigenvalue weighted by Gasteiger charge is 2.24. The van der Waals surface area contributed by atoms with Crippen LogP contribution in [0.5, 0.6) is 0 Å². The van der Waals surface area contributed by atoms with E-state index in [4.69, 9.17) is 4.74 Å². The van der Waals surface area contributed by atoms with Crippen LogP contribution in [0.4, 0.5) is 0 Å². The van der Waals surface area contributed by atoms with E-state index < -0.39 is 0 Å². The Kier molecular flexibility index (Phi) is 8.98. The third-order valence-electron chi connectivity index (χ3n) is 5.29. The minimum Gasteiger partial charge on any atom is -0.383 e. The lowest BCUT2D eigenvalue weighted by molar-refractivity contribution is -0.133. The van der Waals surface area contributed by atoms with Gasteiger partial charge in [-0.3, -0.25) is 4.79 Å². The first-order valence-corrected chi connectivity index (χ1v) is 9.72. The topological polar surface area (TPSA) is 41.6 Å². The molecular formula is C21H34N2O2. The van der Waals surface area contributed by atoms with E-state index in [0.717, 1.165) is 32.5 Å². The molecule has 0 saturated carbocycles. The van der Waals surface area contributed by atoms with E-state index in [-0.39, 0.29) is 5.91 Å². The molecule has 2 rings (SSSR count). The van der Waals surface area contributed by atoms with Crippen molar-refractivity contribution in [3.8, 4) is 0 Å². The molecule has 4 heteroatoms. The van der Waals surface area contributed by atoms with Crippen molar-refractivity contribution in [3.63, 3.8) is 0 Å². The molecule has 1 aliphatic rings. The predicted molar refractivity (Wildman–Crippen MR) is 103 cm³/mol. The zero-order valence-electron chi connectivity index (χ0n) is 15.9. The SMILES string of the molecule is COCCN(CCCc1ccccc1)C(=O)CC(C)C1CCCNC1. The summed E-state index contributed by atoms with van der Waals surface area (Å²) in [6.07, 6.45) is 5.14. The summed E-state index contributed by atoms with van der Waals surface area (Å²) in [4.78, 5) is 14.8. The third-order valence-corrected chi connectivity index (χ3v) is 5.29. The minimum atomic E-state index is 0.281. The number of nitrogens with one attached hydrogen (secondary N) is 1. The lowest BCUT2D eigenvalue weighted by Gasteiger charge is -2.30. The standard InChI is InChI=1S/C21H34N2O2/c1-18(20-11-6-12-22-17-20)16-21(24)23(14-15-25-2)13-7-10-19-8-4-3-5-9-19/h3-5,8-9,18,20,22H,6-7,10-17H2,1-2H3. The Hall–Kier alpha value is -1.39. The van der Waals surface area contributed by atoms with Crippen molar-refractivity contribution in [3.05, 3.63) is 35.9 Å². The molecule has 4 nitrogen and oxygen atoms in total. The Morgan fingerprint density at radius 2 is 2.12 bits per heavy atom. The van der Waals surface area contributed by atoms with Crippen LogP contribution in [0, 0.1) is 11.8 Å². The summed E-state index contributed by atoms with van der Waals surface area (Å²) >= 11 is 0. The van der Waals surface area contributed by atoms with Crippen LogP contribution in [0.3, 0.4) is 0 Å². The summed E-state index contributed by atoms with van der Waals surface area (Å²) in [7, 11) is 1.70. The van der Waals surface area contributed by atoms with E-state index in [2.05, 4.69) is 36.5 Å². The van der Waals surface area contributed by atoms with Gasteiger partial charge in [-0.25, -0.2) is 0 Å². The Balaban J connectivity index is 1.80. The van der Waals surface area contributed by atoms with Crippen LogP contribution in [-0.2, 0) is 16.0 Å². The maximum Gasteiger partial charge on any atom is 0.222 e. The number of benzene rings is 1. The van der Waals surface area contributed by atoms with E-state index >= 15 is 0 Å².